The van der Waals surface area contributed by atoms with Crippen LogP contribution in [-0.2, 0) is 0 Å². The number of rotatable bonds is 2. The lowest BCUT2D eigenvalue weighted by molar-refractivity contribution is 0.0126. The molecule has 3 heteroatoms. The van der Waals surface area contributed by atoms with E-state index in [4.69, 9.17) is 5.73 Å². The van der Waals surface area contributed by atoms with E-state index in [1.54, 1.807) is 0 Å². The van der Waals surface area contributed by atoms with E-state index in [1.165, 1.54) is 38.8 Å². The third-order valence-electron chi connectivity index (χ3n) is 3.88. The Hall–Kier alpha value is -0.120. The van der Waals surface area contributed by atoms with E-state index in [0.717, 1.165) is 12.1 Å². The molecule has 0 aromatic rings. The minimum Gasteiger partial charge on any atom is -0.328 e. The van der Waals surface area contributed by atoms with Gasteiger partial charge < -0.3 is 10.6 Å². The van der Waals surface area contributed by atoms with Crippen molar-refractivity contribution in [3.05, 3.63) is 0 Å². The molecule has 2 fully saturated rings. The van der Waals surface area contributed by atoms with E-state index in [2.05, 4.69) is 23.9 Å². The van der Waals surface area contributed by atoms with Crippen molar-refractivity contribution in [1.82, 2.24) is 9.80 Å². The fraction of sp³-hybridized carbons (Fsp3) is 1.00. The summed E-state index contributed by atoms with van der Waals surface area (Å²) in [5.41, 5.74) is 5.91. The number of likely N-dealkylation sites (N-methyl/N-ethyl adjacent to an activating group) is 1. The summed E-state index contributed by atoms with van der Waals surface area (Å²) in [4.78, 5) is 4.97. The van der Waals surface area contributed by atoms with Gasteiger partial charge in [-0.3, -0.25) is 4.90 Å². The lowest BCUT2D eigenvalue weighted by atomic mass is 9.88. The van der Waals surface area contributed by atoms with Crippen molar-refractivity contribution in [2.24, 2.45) is 5.73 Å². The summed E-state index contributed by atoms with van der Waals surface area (Å²) in [6.07, 6.45) is 5.10. The van der Waals surface area contributed by atoms with Crippen LogP contribution >= 0.6 is 0 Å². The topological polar surface area (TPSA) is 32.5 Å². The second kappa shape index (κ2) is 4.17. The number of likely N-dealkylation sites (tertiary alicyclic amines) is 1. The van der Waals surface area contributed by atoms with Gasteiger partial charge in [0.2, 0.25) is 0 Å². The average Bonchev–Trinajstić information content (AvgIpc) is 2.05. The second-order valence-corrected chi connectivity index (χ2v) is 5.14. The Morgan fingerprint density at radius 2 is 1.64 bits per heavy atom. The standard InChI is InChI=1S/C11H23N3/c1-13(2)11-7-14(8-11)10-5-3-9(12)4-6-10/h9-11H,3-8,12H2,1-2H3. The summed E-state index contributed by atoms with van der Waals surface area (Å²) in [6.45, 7) is 2.54. The van der Waals surface area contributed by atoms with Gasteiger partial charge in [-0.2, -0.15) is 0 Å². The summed E-state index contributed by atoms with van der Waals surface area (Å²) in [6, 6.07) is 2.12. The molecule has 0 radical (unpaired) electrons. The number of hydrogen-bond acceptors (Lipinski definition) is 3. The lowest BCUT2D eigenvalue weighted by Gasteiger charge is -2.48. The van der Waals surface area contributed by atoms with Crippen LogP contribution in [0.4, 0.5) is 0 Å². The molecule has 0 amide bonds. The molecule has 0 atom stereocenters. The molecule has 1 aliphatic heterocycles. The van der Waals surface area contributed by atoms with E-state index < -0.39 is 0 Å². The Balaban J connectivity index is 1.72. The minimum atomic E-state index is 0.483. The van der Waals surface area contributed by atoms with Gasteiger partial charge in [0.1, 0.15) is 0 Å². The molecule has 2 aliphatic rings. The molecule has 1 saturated carbocycles. The van der Waals surface area contributed by atoms with Gasteiger partial charge in [-0.25, -0.2) is 0 Å². The predicted molar refractivity (Wildman–Crippen MR) is 59.3 cm³/mol. The van der Waals surface area contributed by atoms with Crippen LogP contribution in [0.15, 0.2) is 0 Å². The maximum atomic E-state index is 5.91. The molecule has 2 N–H and O–H groups in total. The Labute approximate surface area is 87.2 Å². The molecule has 0 aromatic carbocycles. The molecule has 0 bridgehead atoms. The smallest absolute Gasteiger partial charge is 0.0344 e. The highest BCUT2D eigenvalue weighted by molar-refractivity contribution is 4.92. The normalized spacial score (nSPS) is 36.0. The summed E-state index contributed by atoms with van der Waals surface area (Å²) in [7, 11) is 4.36. The van der Waals surface area contributed by atoms with E-state index >= 15 is 0 Å². The molecule has 1 aliphatic carbocycles. The highest BCUT2D eigenvalue weighted by Crippen LogP contribution is 2.26. The zero-order chi connectivity index (χ0) is 10.1. The summed E-state index contributed by atoms with van der Waals surface area (Å²) < 4.78 is 0. The first kappa shape index (κ1) is 10.4. The molecular formula is C11H23N3. The fourth-order valence-corrected chi connectivity index (χ4v) is 2.58. The highest BCUT2D eigenvalue weighted by atomic mass is 15.3. The maximum Gasteiger partial charge on any atom is 0.0344 e. The first-order valence-electron chi connectivity index (χ1n) is 5.83. The minimum absolute atomic E-state index is 0.483. The molecule has 0 aromatic heterocycles. The molecule has 14 heavy (non-hydrogen) atoms. The van der Waals surface area contributed by atoms with E-state index in [1.807, 2.05) is 0 Å². The summed E-state index contributed by atoms with van der Waals surface area (Å²) in [5.74, 6) is 0. The summed E-state index contributed by atoms with van der Waals surface area (Å²) in [5, 5.41) is 0. The zero-order valence-corrected chi connectivity index (χ0v) is 9.45. The Morgan fingerprint density at radius 3 is 2.14 bits per heavy atom. The largest absolute Gasteiger partial charge is 0.328 e. The third kappa shape index (κ3) is 2.10. The number of nitrogens with zero attached hydrogens (tertiary/aromatic N) is 2. The van der Waals surface area contributed by atoms with Crippen molar-refractivity contribution in [2.45, 2.75) is 43.8 Å². The fourth-order valence-electron chi connectivity index (χ4n) is 2.58. The van der Waals surface area contributed by atoms with Crippen LogP contribution in [0.25, 0.3) is 0 Å². The average molecular weight is 197 g/mol. The van der Waals surface area contributed by atoms with Crippen LogP contribution in [0.2, 0.25) is 0 Å². The van der Waals surface area contributed by atoms with Crippen LogP contribution in [0.3, 0.4) is 0 Å². The molecule has 0 spiro atoms. The van der Waals surface area contributed by atoms with Crippen molar-refractivity contribution >= 4 is 0 Å². The maximum absolute atomic E-state index is 5.91. The van der Waals surface area contributed by atoms with Crippen LogP contribution in [-0.4, -0.2) is 55.1 Å². The second-order valence-electron chi connectivity index (χ2n) is 5.14. The van der Waals surface area contributed by atoms with Crippen molar-refractivity contribution in [3.63, 3.8) is 0 Å². The van der Waals surface area contributed by atoms with Crippen LogP contribution in [0.1, 0.15) is 25.7 Å². The molecule has 82 valence electrons. The van der Waals surface area contributed by atoms with Gasteiger partial charge in [-0.1, -0.05) is 0 Å². The number of nitrogens with two attached hydrogens (primary N) is 1. The first-order valence-corrected chi connectivity index (χ1v) is 5.83. The lowest BCUT2D eigenvalue weighted by Crippen LogP contribution is -2.61. The molecular weight excluding hydrogens is 174 g/mol. The molecule has 1 saturated heterocycles. The third-order valence-corrected chi connectivity index (χ3v) is 3.88. The quantitative estimate of drug-likeness (QED) is 0.700. The molecule has 1 heterocycles. The highest BCUT2D eigenvalue weighted by Gasteiger charge is 2.34. The van der Waals surface area contributed by atoms with Crippen LogP contribution < -0.4 is 5.73 Å². The van der Waals surface area contributed by atoms with Crippen LogP contribution in [0, 0.1) is 0 Å². The number of hydrogen-bond donors (Lipinski definition) is 1. The first-order chi connectivity index (χ1) is 6.66. The van der Waals surface area contributed by atoms with Gasteiger partial charge in [0.05, 0.1) is 0 Å². The van der Waals surface area contributed by atoms with Gasteiger partial charge in [0.15, 0.2) is 0 Å². The summed E-state index contributed by atoms with van der Waals surface area (Å²) >= 11 is 0. The van der Waals surface area contributed by atoms with Gasteiger partial charge in [-0.05, 0) is 39.8 Å². The molecule has 2 rings (SSSR count). The molecule has 0 unspecified atom stereocenters. The Morgan fingerprint density at radius 1 is 1.07 bits per heavy atom. The van der Waals surface area contributed by atoms with Crippen molar-refractivity contribution in [3.8, 4) is 0 Å². The van der Waals surface area contributed by atoms with E-state index in [-0.39, 0.29) is 0 Å². The zero-order valence-electron chi connectivity index (χ0n) is 9.45. The van der Waals surface area contributed by atoms with Gasteiger partial charge in [0, 0.05) is 31.2 Å². The van der Waals surface area contributed by atoms with Crippen molar-refractivity contribution in [2.75, 3.05) is 27.2 Å². The molecule has 3 nitrogen and oxygen atoms in total. The SMILES string of the molecule is CN(C)C1CN(C2CCC(N)CC2)C1. The van der Waals surface area contributed by atoms with Gasteiger partial charge >= 0.3 is 0 Å². The van der Waals surface area contributed by atoms with Crippen LogP contribution in [0.5, 0.6) is 0 Å². The van der Waals surface area contributed by atoms with E-state index in [9.17, 15) is 0 Å². The Bertz CT molecular complexity index is 179. The van der Waals surface area contributed by atoms with Crippen molar-refractivity contribution < 1.29 is 0 Å². The predicted octanol–water partition coefficient (Wildman–Crippen LogP) is 0.502. The van der Waals surface area contributed by atoms with Gasteiger partial charge in [-0.15, -0.1) is 0 Å². The monoisotopic (exact) mass is 197 g/mol. The van der Waals surface area contributed by atoms with Crippen molar-refractivity contribution in [1.29, 1.82) is 0 Å². The van der Waals surface area contributed by atoms with Gasteiger partial charge in [0.25, 0.3) is 0 Å². The van der Waals surface area contributed by atoms with E-state index in [0.29, 0.717) is 6.04 Å². The Kier molecular flexibility index (Phi) is 3.10.